The SMILES string of the molecule is CN(C(N)=O)c1ncn(C)c1C=O. The molecule has 0 aliphatic heterocycles. The standard InChI is InChI=1S/C7H10N4O2/c1-10-4-9-6(5(10)3-12)11(2)7(8)13/h3-4H,1-2H3,(H2,8,13). The molecule has 0 saturated carbocycles. The van der Waals surface area contributed by atoms with Gasteiger partial charge in [0.2, 0.25) is 0 Å². The van der Waals surface area contributed by atoms with Crippen LogP contribution in [0.1, 0.15) is 10.5 Å². The van der Waals surface area contributed by atoms with Crippen molar-refractivity contribution < 1.29 is 9.59 Å². The van der Waals surface area contributed by atoms with E-state index in [2.05, 4.69) is 4.98 Å². The second kappa shape index (κ2) is 3.26. The third kappa shape index (κ3) is 1.51. The van der Waals surface area contributed by atoms with Crippen molar-refractivity contribution in [1.29, 1.82) is 0 Å². The lowest BCUT2D eigenvalue weighted by Crippen LogP contribution is -2.32. The zero-order valence-electron chi connectivity index (χ0n) is 7.39. The lowest BCUT2D eigenvalue weighted by Gasteiger charge is -2.11. The first-order valence-corrected chi connectivity index (χ1v) is 3.57. The Balaban J connectivity index is 3.14. The van der Waals surface area contributed by atoms with Gasteiger partial charge in [0.1, 0.15) is 5.69 Å². The first-order chi connectivity index (χ1) is 6.07. The molecule has 1 heterocycles. The van der Waals surface area contributed by atoms with Crippen LogP contribution in [0.25, 0.3) is 0 Å². The van der Waals surface area contributed by atoms with Gasteiger partial charge in [-0.3, -0.25) is 9.69 Å². The molecule has 1 aromatic heterocycles. The number of amides is 2. The molecule has 0 radical (unpaired) electrons. The molecule has 1 rings (SSSR count). The van der Waals surface area contributed by atoms with Crippen LogP contribution in [0.2, 0.25) is 0 Å². The fourth-order valence-corrected chi connectivity index (χ4v) is 0.926. The maximum absolute atomic E-state index is 10.8. The van der Waals surface area contributed by atoms with Gasteiger partial charge in [-0.25, -0.2) is 9.78 Å². The summed E-state index contributed by atoms with van der Waals surface area (Å²) in [7, 11) is 3.12. The minimum absolute atomic E-state index is 0.269. The van der Waals surface area contributed by atoms with Crippen LogP contribution in [0.4, 0.5) is 10.6 Å². The number of nitrogens with two attached hydrogens (primary N) is 1. The molecule has 0 atom stereocenters. The summed E-state index contributed by atoms with van der Waals surface area (Å²) >= 11 is 0. The average molecular weight is 182 g/mol. The number of nitrogens with zero attached hydrogens (tertiary/aromatic N) is 3. The van der Waals surface area contributed by atoms with E-state index in [-0.39, 0.29) is 5.82 Å². The Morgan fingerprint density at radius 2 is 2.38 bits per heavy atom. The number of aromatic nitrogens is 2. The molecule has 0 fully saturated rings. The fraction of sp³-hybridized carbons (Fsp3) is 0.286. The molecule has 1 aromatic rings. The van der Waals surface area contributed by atoms with Crippen molar-refractivity contribution >= 4 is 18.1 Å². The smallest absolute Gasteiger partial charge is 0.320 e. The number of aryl methyl sites for hydroxylation is 1. The maximum atomic E-state index is 10.8. The van der Waals surface area contributed by atoms with Crippen molar-refractivity contribution in [2.45, 2.75) is 0 Å². The first-order valence-electron chi connectivity index (χ1n) is 3.57. The van der Waals surface area contributed by atoms with Crippen molar-refractivity contribution in [2.24, 2.45) is 12.8 Å². The number of aldehydes is 1. The van der Waals surface area contributed by atoms with Gasteiger partial charge < -0.3 is 10.3 Å². The van der Waals surface area contributed by atoms with Gasteiger partial charge >= 0.3 is 6.03 Å². The van der Waals surface area contributed by atoms with E-state index in [1.807, 2.05) is 0 Å². The van der Waals surface area contributed by atoms with E-state index in [9.17, 15) is 9.59 Å². The lowest BCUT2D eigenvalue weighted by atomic mass is 10.4. The number of hydrogen-bond acceptors (Lipinski definition) is 3. The molecule has 6 nitrogen and oxygen atoms in total. The molecule has 6 heteroatoms. The summed E-state index contributed by atoms with van der Waals surface area (Å²) in [6.45, 7) is 0. The van der Waals surface area contributed by atoms with E-state index >= 15 is 0 Å². The lowest BCUT2D eigenvalue weighted by molar-refractivity contribution is 0.111. The minimum Gasteiger partial charge on any atom is -0.351 e. The highest BCUT2D eigenvalue weighted by atomic mass is 16.2. The first kappa shape index (κ1) is 9.24. The third-order valence-corrected chi connectivity index (χ3v) is 1.72. The van der Waals surface area contributed by atoms with Gasteiger partial charge in [0.05, 0.1) is 6.33 Å². The molecular formula is C7H10N4O2. The molecule has 0 unspecified atom stereocenters. The molecule has 2 amide bonds. The average Bonchev–Trinajstić information content (AvgIpc) is 2.45. The fourth-order valence-electron chi connectivity index (χ4n) is 0.926. The number of rotatable bonds is 2. The number of urea groups is 1. The highest BCUT2D eigenvalue weighted by molar-refractivity contribution is 5.94. The summed E-state index contributed by atoms with van der Waals surface area (Å²) in [5.74, 6) is 0.269. The van der Waals surface area contributed by atoms with Gasteiger partial charge in [-0.15, -0.1) is 0 Å². The predicted molar refractivity (Wildman–Crippen MR) is 46.6 cm³/mol. The normalized spacial score (nSPS) is 9.69. The summed E-state index contributed by atoms with van der Waals surface area (Å²) in [5, 5.41) is 0. The van der Waals surface area contributed by atoms with Crippen LogP contribution >= 0.6 is 0 Å². The van der Waals surface area contributed by atoms with Crippen LogP contribution in [-0.4, -0.2) is 28.9 Å². The molecule has 70 valence electrons. The second-order valence-electron chi connectivity index (χ2n) is 2.58. The number of carbonyl (C=O) groups excluding carboxylic acids is 2. The Bertz CT molecular complexity index is 344. The summed E-state index contributed by atoms with van der Waals surface area (Å²) in [4.78, 5) is 26.3. The Hall–Kier alpha value is -1.85. The highest BCUT2D eigenvalue weighted by Crippen LogP contribution is 2.13. The van der Waals surface area contributed by atoms with Gasteiger partial charge in [0.15, 0.2) is 12.1 Å². The zero-order chi connectivity index (χ0) is 10.0. The Morgan fingerprint density at radius 3 is 2.85 bits per heavy atom. The molecule has 0 bridgehead atoms. The van der Waals surface area contributed by atoms with Gasteiger partial charge in [-0.1, -0.05) is 0 Å². The number of imidazole rings is 1. The second-order valence-corrected chi connectivity index (χ2v) is 2.58. The molecule has 13 heavy (non-hydrogen) atoms. The van der Waals surface area contributed by atoms with Crippen LogP contribution in [0.15, 0.2) is 6.33 Å². The van der Waals surface area contributed by atoms with Crippen molar-refractivity contribution in [3.8, 4) is 0 Å². The molecule has 0 aliphatic rings. The molecule has 0 saturated heterocycles. The van der Waals surface area contributed by atoms with Gasteiger partial charge in [0, 0.05) is 14.1 Å². The van der Waals surface area contributed by atoms with Crippen LogP contribution < -0.4 is 10.6 Å². The molecule has 0 spiro atoms. The van der Waals surface area contributed by atoms with Crippen molar-refractivity contribution in [3.05, 3.63) is 12.0 Å². The molecular weight excluding hydrogens is 172 g/mol. The van der Waals surface area contributed by atoms with E-state index in [1.165, 1.54) is 17.9 Å². The quantitative estimate of drug-likeness (QED) is 0.640. The summed E-state index contributed by atoms with van der Waals surface area (Å²) < 4.78 is 1.52. The maximum Gasteiger partial charge on any atom is 0.320 e. The molecule has 0 aliphatic carbocycles. The van der Waals surface area contributed by atoms with Crippen LogP contribution in [0.3, 0.4) is 0 Å². The number of carbonyl (C=O) groups is 2. The van der Waals surface area contributed by atoms with Gasteiger partial charge in [-0.2, -0.15) is 0 Å². The van der Waals surface area contributed by atoms with Crippen molar-refractivity contribution in [2.75, 3.05) is 11.9 Å². The predicted octanol–water partition coefficient (Wildman–Crippen LogP) is -0.253. The van der Waals surface area contributed by atoms with Gasteiger partial charge in [0.25, 0.3) is 0 Å². The third-order valence-electron chi connectivity index (χ3n) is 1.72. The summed E-state index contributed by atoms with van der Waals surface area (Å²) in [5.41, 5.74) is 5.34. The monoisotopic (exact) mass is 182 g/mol. The summed E-state index contributed by atoms with van der Waals surface area (Å²) in [6, 6.07) is -0.651. The minimum atomic E-state index is -0.651. The Kier molecular flexibility index (Phi) is 2.32. The van der Waals surface area contributed by atoms with E-state index in [1.54, 1.807) is 7.05 Å². The summed E-state index contributed by atoms with van der Waals surface area (Å²) in [6.07, 6.45) is 2.07. The van der Waals surface area contributed by atoms with Crippen LogP contribution in [0.5, 0.6) is 0 Å². The van der Waals surface area contributed by atoms with E-state index < -0.39 is 6.03 Å². The van der Waals surface area contributed by atoms with E-state index in [0.29, 0.717) is 12.0 Å². The van der Waals surface area contributed by atoms with Crippen molar-refractivity contribution in [1.82, 2.24) is 9.55 Å². The largest absolute Gasteiger partial charge is 0.351 e. The Morgan fingerprint density at radius 1 is 1.77 bits per heavy atom. The van der Waals surface area contributed by atoms with Crippen LogP contribution in [-0.2, 0) is 7.05 Å². The van der Waals surface area contributed by atoms with E-state index in [0.717, 1.165) is 4.90 Å². The number of anilines is 1. The Labute approximate surface area is 75.0 Å². The highest BCUT2D eigenvalue weighted by Gasteiger charge is 2.15. The topological polar surface area (TPSA) is 81.2 Å². The van der Waals surface area contributed by atoms with Crippen LogP contribution in [0, 0.1) is 0 Å². The molecule has 2 N–H and O–H groups in total. The number of hydrogen-bond donors (Lipinski definition) is 1. The van der Waals surface area contributed by atoms with E-state index in [4.69, 9.17) is 5.73 Å². The van der Waals surface area contributed by atoms with Gasteiger partial charge in [-0.05, 0) is 0 Å². The molecule has 0 aromatic carbocycles. The van der Waals surface area contributed by atoms with Crippen molar-refractivity contribution in [3.63, 3.8) is 0 Å². The number of primary amides is 1. The zero-order valence-corrected chi connectivity index (χ0v) is 7.39.